The molecule has 7 rings (SSSR count). The summed E-state index contributed by atoms with van der Waals surface area (Å²) in [5.41, 5.74) is 10.3. The zero-order valence-electron chi connectivity index (χ0n) is 26.8. The fourth-order valence-corrected chi connectivity index (χ4v) is 6.45. The summed E-state index contributed by atoms with van der Waals surface area (Å²) in [5.74, 6) is 2.42. The van der Waals surface area contributed by atoms with Crippen LogP contribution in [0.2, 0.25) is 0 Å². The standard InChI is InChI=1S/C40H38N4O/c1-26-19-20-41-38(21-26)43-36-18-15-29(25-40(4,5)6)22-35(36)34-17-16-33(24-37(34)43)45-32-14-10-13-31(23-32)44-28(3)39(27(2)42-44)30-11-8-7-9-12-30/h7-24H,25H2,1-6H3. The Balaban J connectivity index is 1.30. The van der Waals surface area contributed by atoms with Gasteiger partial charge in [-0.3, -0.25) is 4.57 Å². The number of pyridine rings is 1. The average Bonchev–Trinajstić information content (AvgIpc) is 3.49. The van der Waals surface area contributed by atoms with Crippen LogP contribution in [0.5, 0.6) is 11.5 Å². The van der Waals surface area contributed by atoms with Crippen molar-refractivity contribution in [1.82, 2.24) is 19.3 Å². The van der Waals surface area contributed by atoms with E-state index in [1.165, 1.54) is 27.5 Å². The molecular formula is C40H38N4O. The van der Waals surface area contributed by atoms with Gasteiger partial charge in [-0.1, -0.05) is 63.2 Å². The number of hydrogen-bond donors (Lipinski definition) is 0. The number of aryl methyl sites for hydroxylation is 2. The Labute approximate surface area is 264 Å². The van der Waals surface area contributed by atoms with Gasteiger partial charge in [-0.05, 0) is 97.8 Å². The van der Waals surface area contributed by atoms with E-state index in [0.717, 1.165) is 57.4 Å². The van der Waals surface area contributed by atoms with Crippen LogP contribution in [0, 0.1) is 26.2 Å². The fourth-order valence-electron chi connectivity index (χ4n) is 6.45. The first-order chi connectivity index (χ1) is 21.6. The highest BCUT2D eigenvalue weighted by Crippen LogP contribution is 2.37. The molecule has 0 radical (unpaired) electrons. The van der Waals surface area contributed by atoms with Gasteiger partial charge in [0, 0.05) is 40.4 Å². The molecule has 3 heterocycles. The SMILES string of the molecule is Cc1ccnc(-n2c3ccc(CC(C)(C)C)cc3c3ccc(Oc4cccc(-n5nc(C)c(-c6ccccc6)c5C)c4)cc32)c1. The third-order valence-electron chi connectivity index (χ3n) is 8.32. The van der Waals surface area contributed by atoms with E-state index in [-0.39, 0.29) is 5.41 Å². The highest BCUT2D eigenvalue weighted by molar-refractivity contribution is 6.09. The highest BCUT2D eigenvalue weighted by Gasteiger charge is 2.18. The van der Waals surface area contributed by atoms with E-state index >= 15 is 0 Å². The van der Waals surface area contributed by atoms with Crippen molar-refractivity contribution >= 4 is 21.8 Å². The summed E-state index contributed by atoms with van der Waals surface area (Å²) in [6.07, 6.45) is 2.89. The van der Waals surface area contributed by atoms with Gasteiger partial charge < -0.3 is 4.74 Å². The van der Waals surface area contributed by atoms with Gasteiger partial charge >= 0.3 is 0 Å². The summed E-state index contributed by atoms with van der Waals surface area (Å²) in [4.78, 5) is 4.77. The van der Waals surface area contributed by atoms with Crippen molar-refractivity contribution < 1.29 is 4.74 Å². The molecule has 0 fully saturated rings. The Bertz CT molecular complexity index is 2180. The van der Waals surface area contributed by atoms with E-state index in [1.54, 1.807) is 0 Å². The van der Waals surface area contributed by atoms with E-state index in [0.29, 0.717) is 0 Å². The van der Waals surface area contributed by atoms with Gasteiger partial charge in [0.2, 0.25) is 0 Å². The lowest BCUT2D eigenvalue weighted by Crippen LogP contribution is -2.08. The molecule has 0 saturated carbocycles. The van der Waals surface area contributed by atoms with Gasteiger partial charge in [0.1, 0.15) is 17.3 Å². The zero-order valence-corrected chi connectivity index (χ0v) is 26.8. The van der Waals surface area contributed by atoms with Gasteiger partial charge in [0.25, 0.3) is 0 Å². The number of rotatable bonds is 6. The molecule has 7 aromatic rings. The van der Waals surface area contributed by atoms with Crippen molar-refractivity contribution in [3.8, 4) is 34.1 Å². The third-order valence-corrected chi connectivity index (χ3v) is 8.32. The zero-order chi connectivity index (χ0) is 31.3. The number of hydrogen-bond acceptors (Lipinski definition) is 3. The molecule has 45 heavy (non-hydrogen) atoms. The normalized spacial score (nSPS) is 11.9. The van der Waals surface area contributed by atoms with Crippen LogP contribution in [0.15, 0.2) is 109 Å². The van der Waals surface area contributed by atoms with E-state index < -0.39 is 0 Å². The smallest absolute Gasteiger partial charge is 0.137 e. The molecule has 0 aliphatic carbocycles. The molecule has 0 unspecified atom stereocenters. The van der Waals surface area contributed by atoms with E-state index in [4.69, 9.17) is 14.8 Å². The van der Waals surface area contributed by atoms with Gasteiger partial charge in [-0.25, -0.2) is 9.67 Å². The summed E-state index contributed by atoms with van der Waals surface area (Å²) < 4.78 is 10.8. The number of ether oxygens (including phenoxy) is 1. The molecule has 5 nitrogen and oxygen atoms in total. The molecule has 0 bridgehead atoms. The summed E-state index contributed by atoms with van der Waals surface area (Å²) in [6.45, 7) is 13.1. The minimum atomic E-state index is 0.205. The fraction of sp³-hybridized carbons (Fsp3) is 0.200. The van der Waals surface area contributed by atoms with E-state index in [9.17, 15) is 0 Å². The van der Waals surface area contributed by atoms with Crippen LogP contribution < -0.4 is 4.74 Å². The molecule has 0 aliphatic rings. The van der Waals surface area contributed by atoms with Crippen molar-refractivity contribution in [3.63, 3.8) is 0 Å². The van der Waals surface area contributed by atoms with Crippen LogP contribution in [0.3, 0.4) is 0 Å². The lowest BCUT2D eigenvalue weighted by Gasteiger charge is -2.18. The summed E-state index contributed by atoms with van der Waals surface area (Å²) in [7, 11) is 0. The Morgan fingerprint density at radius 3 is 2.29 bits per heavy atom. The molecular weight excluding hydrogens is 552 g/mol. The van der Waals surface area contributed by atoms with Crippen molar-refractivity contribution in [1.29, 1.82) is 0 Å². The summed E-state index contributed by atoms with van der Waals surface area (Å²) in [5, 5.41) is 7.31. The lowest BCUT2D eigenvalue weighted by molar-refractivity contribution is 0.411. The molecule has 0 amide bonds. The second-order valence-corrected chi connectivity index (χ2v) is 13.2. The quantitative estimate of drug-likeness (QED) is 0.194. The highest BCUT2D eigenvalue weighted by atomic mass is 16.5. The first kappa shape index (κ1) is 28.6. The number of aromatic nitrogens is 4. The first-order valence-corrected chi connectivity index (χ1v) is 15.5. The third kappa shape index (κ3) is 5.51. The van der Waals surface area contributed by atoms with E-state index in [2.05, 4.69) is 125 Å². The second kappa shape index (κ2) is 11.1. The Kier molecular flexibility index (Phi) is 7.04. The summed E-state index contributed by atoms with van der Waals surface area (Å²) in [6, 6.07) is 36.0. The molecule has 5 heteroatoms. The van der Waals surface area contributed by atoms with Crippen LogP contribution in [0.4, 0.5) is 0 Å². The van der Waals surface area contributed by atoms with Gasteiger partial charge in [-0.2, -0.15) is 5.10 Å². The van der Waals surface area contributed by atoms with Crippen molar-refractivity contribution in [2.24, 2.45) is 5.41 Å². The predicted octanol–water partition coefficient (Wildman–Crippen LogP) is 10.3. The van der Waals surface area contributed by atoms with Crippen LogP contribution >= 0.6 is 0 Å². The predicted molar refractivity (Wildman–Crippen MR) is 185 cm³/mol. The monoisotopic (exact) mass is 590 g/mol. The first-order valence-electron chi connectivity index (χ1n) is 15.5. The average molecular weight is 591 g/mol. The number of fused-ring (bicyclic) bond motifs is 3. The second-order valence-electron chi connectivity index (χ2n) is 13.2. The Morgan fingerprint density at radius 1 is 0.711 bits per heavy atom. The van der Waals surface area contributed by atoms with E-state index in [1.807, 2.05) is 35.1 Å². The number of benzene rings is 4. The molecule has 0 spiro atoms. The maximum Gasteiger partial charge on any atom is 0.137 e. The molecule has 3 aromatic heterocycles. The Hall–Kier alpha value is -5.16. The molecule has 0 N–H and O–H groups in total. The van der Waals surface area contributed by atoms with Crippen LogP contribution in [0.25, 0.3) is 44.4 Å². The number of nitrogens with zero attached hydrogens (tertiary/aromatic N) is 4. The maximum absolute atomic E-state index is 6.54. The molecule has 4 aromatic carbocycles. The van der Waals surface area contributed by atoms with Gasteiger partial charge in [0.05, 0.1) is 22.4 Å². The minimum absolute atomic E-state index is 0.205. The maximum atomic E-state index is 6.54. The molecule has 0 atom stereocenters. The molecule has 0 aliphatic heterocycles. The topological polar surface area (TPSA) is 44.9 Å². The van der Waals surface area contributed by atoms with Gasteiger partial charge in [-0.15, -0.1) is 0 Å². The van der Waals surface area contributed by atoms with Crippen molar-refractivity contribution in [2.75, 3.05) is 0 Å². The van der Waals surface area contributed by atoms with Crippen molar-refractivity contribution in [3.05, 3.63) is 132 Å². The van der Waals surface area contributed by atoms with Crippen LogP contribution in [-0.4, -0.2) is 19.3 Å². The lowest BCUT2D eigenvalue weighted by atomic mass is 9.88. The van der Waals surface area contributed by atoms with Crippen LogP contribution in [-0.2, 0) is 6.42 Å². The molecule has 224 valence electrons. The largest absolute Gasteiger partial charge is 0.457 e. The minimum Gasteiger partial charge on any atom is -0.457 e. The van der Waals surface area contributed by atoms with Crippen LogP contribution in [0.1, 0.15) is 43.3 Å². The Morgan fingerprint density at radius 2 is 1.51 bits per heavy atom. The molecule has 0 saturated heterocycles. The van der Waals surface area contributed by atoms with Gasteiger partial charge in [0.15, 0.2) is 0 Å². The van der Waals surface area contributed by atoms with Crippen molar-refractivity contribution in [2.45, 2.75) is 48.0 Å². The summed E-state index contributed by atoms with van der Waals surface area (Å²) >= 11 is 0.